The third-order valence-electron chi connectivity index (χ3n) is 4.58. The predicted octanol–water partition coefficient (Wildman–Crippen LogP) is 4.54. The molecule has 0 aromatic heterocycles. The van der Waals surface area contributed by atoms with Gasteiger partial charge in [-0.05, 0) is 68.2 Å². The van der Waals surface area contributed by atoms with Gasteiger partial charge in [0.1, 0.15) is 0 Å². The van der Waals surface area contributed by atoms with Gasteiger partial charge in [-0.2, -0.15) is 0 Å². The minimum atomic E-state index is 0.482. The van der Waals surface area contributed by atoms with Crippen LogP contribution in [0.1, 0.15) is 38.7 Å². The lowest BCUT2D eigenvalue weighted by molar-refractivity contribution is 0.117. The largest absolute Gasteiger partial charge is 0.319 e. The zero-order valence-electron chi connectivity index (χ0n) is 12.4. The molecule has 0 radical (unpaired) electrons. The van der Waals surface area contributed by atoms with Crippen molar-refractivity contribution in [1.29, 1.82) is 0 Å². The molecule has 1 aliphatic carbocycles. The molecular weight excluding hydrogens is 254 g/mol. The molecule has 19 heavy (non-hydrogen) atoms. The molecule has 2 atom stereocenters. The van der Waals surface area contributed by atoms with Gasteiger partial charge in [0, 0.05) is 5.02 Å². The summed E-state index contributed by atoms with van der Waals surface area (Å²) in [4.78, 5) is 0. The highest BCUT2D eigenvalue weighted by atomic mass is 35.5. The average Bonchev–Trinajstić information content (AvgIpc) is 2.35. The van der Waals surface area contributed by atoms with Crippen molar-refractivity contribution >= 4 is 11.6 Å². The summed E-state index contributed by atoms with van der Waals surface area (Å²) in [6.45, 7) is 5.94. The maximum atomic E-state index is 6.32. The summed E-state index contributed by atoms with van der Waals surface area (Å²) >= 11 is 6.32. The van der Waals surface area contributed by atoms with Crippen LogP contribution >= 0.6 is 11.6 Å². The van der Waals surface area contributed by atoms with E-state index in [4.69, 9.17) is 11.6 Å². The summed E-state index contributed by atoms with van der Waals surface area (Å²) in [6.07, 6.45) is 5.11. The molecule has 0 bridgehead atoms. The highest BCUT2D eigenvalue weighted by Gasteiger charge is 2.34. The molecule has 1 saturated carbocycles. The topological polar surface area (TPSA) is 12.0 Å². The fourth-order valence-corrected chi connectivity index (χ4v) is 3.72. The van der Waals surface area contributed by atoms with Crippen LogP contribution in [0.3, 0.4) is 0 Å². The maximum Gasteiger partial charge on any atom is 0.0438 e. The van der Waals surface area contributed by atoms with Gasteiger partial charge in [0.25, 0.3) is 0 Å². The van der Waals surface area contributed by atoms with Crippen LogP contribution in [0.4, 0.5) is 0 Å². The summed E-state index contributed by atoms with van der Waals surface area (Å²) in [5, 5.41) is 4.29. The van der Waals surface area contributed by atoms with Crippen LogP contribution in [0, 0.1) is 17.3 Å². The Kier molecular flexibility index (Phi) is 4.92. The van der Waals surface area contributed by atoms with Crippen molar-refractivity contribution in [2.75, 3.05) is 13.6 Å². The van der Waals surface area contributed by atoms with Crippen LogP contribution < -0.4 is 5.32 Å². The Labute approximate surface area is 122 Å². The molecule has 1 N–H and O–H groups in total. The SMILES string of the molecule is CNCC1CCC(C)(C)CC1Cc1ccccc1Cl. The van der Waals surface area contributed by atoms with Gasteiger partial charge in [-0.25, -0.2) is 0 Å². The fourth-order valence-electron chi connectivity index (χ4n) is 3.51. The van der Waals surface area contributed by atoms with Crippen molar-refractivity contribution < 1.29 is 0 Å². The van der Waals surface area contributed by atoms with Gasteiger partial charge in [0.15, 0.2) is 0 Å². The van der Waals surface area contributed by atoms with Crippen molar-refractivity contribution in [3.8, 4) is 0 Å². The minimum Gasteiger partial charge on any atom is -0.319 e. The zero-order chi connectivity index (χ0) is 13.9. The number of benzene rings is 1. The second-order valence-electron chi connectivity index (χ2n) is 6.78. The second kappa shape index (κ2) is 6.28. The molecule has 0 heterocycles. The molecule has 0 saturated heterocycles. The molecule has 1 nitrogen and oxygen atoms in total. The van der Waals surface area contributed by atoms with E-state index in [9.17, 15) is 0 Å². The molecule has 0 aliphatic heterocycles. The maximum absolute atomic E-state index is 6.32. The second-order valence-corrected chi connectivity index (χ2v) is 7.19. The molecule has 106 valence electrons. The number of hydrogen-bond donors (Lipinski definition) is 1. The molecule has 1 aromatic rings. The highest BCUT2D eigenvalue weighted by molar-refractivity contribution is 6.31. The van der Waals surface area contributed by atoms with Crippen LogP contribution in [0.5, 0.6) is 0 Å². The van der Waals surface area contributed by atoms with Gasteiger partial charge in [-0.15, -0.1) is 0 Å². The van der Waals surface area contributed by atoms with Gasteiger partial charge in [0.05, 0.1) is 0 Å². The Balaban J connectivity index is 2.11. The van der Waals surface area contributed by atoms with Crippen molar-refractivity contribution in [2.45, 2.75) is 39.5 Å². The summed E-state index contributed by atoms with van der Waals surface area (Å²) in [5.41, 5.74) is 1.80. The Morgan fingerprint density at radius 3 is 2.68 bits per heavy atom. The number of halogens is 1. The smallest absolute Gasteiger partial charge is 0.0438 e. The van der Waals surface area contributed by atoms with E-state index in [0.29, 0.717) is 5.41 Å². The highest BCUT2D eigenvalue weighted by Crippen LogP contribution is 2.43. The lowest BCUT2D eigenvalue weighted by Gasteiger charge is -2.41. The first-order chi connectivity index (χ1) is 9.02. The van der Waals surface area contributed by atoms with E-state index in [1.165, 1.54) is 24.8 Å². The summed E-state index contributed by atoms with van der Waals surface area (Å²) in [7, 11) is 2.06. The number of rotatable bonds is 4. The van der Waals surface area contributed by atoms with Gasteiger partial charge in [0.2, 0.25) is 0 Å². The molecule has 0 spiro atoms. The van der Waals surface area contributed by atoms with E-state index < -0.39 is 0 Å². The Morgan fingerprint density at radius 1 is 1.26 bits per heavy atom. The summed E-state index contributed by atoms with van der Waals surface area (Å²) in [5.74, 6) is 1.53. The third kappa shape index (κ3) is 3.97. The number of nitrogens with one attached hydrogen (secondary N) is 1. The van der Waals surface area contributed by atoms with Crippen LogP contribution in [0.15, 0.2) is 24.3 Å². The Morgan fingerprint density at radius 2 is 2.00 bits per heavy atom. The van der Waals surface area contributed by atoms with E-state index in [-0.39, 0.29) is 0 Å². The van der Waals surface area contributed by atoms with Crippen LogP contribution in [0.25, 0.3) is 0 Å². The molecule has 1 aromatic carbocycles. The molecular formula is C17H26ClN. The standard InChI is InChI=1S/C17H26ClN/c1-17(2)9-8-14(12-19-3)15(11-17)10-13-6-4-5-7-16(13)18/h4-7,14-15,19H,8-12H2,1-3H3. The van der Waals surface area contributed by atoms with Crippen molar-refractivity contribution in [1.82, 2.24) is 5.32 Å². The molecule has 0 amide bonds. The summed E-state index contributed by atoms with van der Waals surface area (Å²) < 4.78 is 0. The minimum absolute atomic E-state index is 0.482. The van der Waals surface area contributed by atoms with Crippen molar-refractivity contribution in [3.05, 3.63) is 34.9 Å². The third-order valence-corrected chi connectivity index (χ3v) is 4.95. The van der Waals surface area contributed by atoms with E-state index in [0.717, 1.165) is 29.8 Å². The Hall–Kier alpha value is -0.530. The van der Waals surface area contributed by atoms with Gasteiger partial charge < -0.3 is 5.32 Å². The lowest BCUT2D eigenvalue weighted by Crippen LogP contribution is -2.36. The van der Waals surface area contributed by atoms with Gasteiger partial charge >= 0.3 is 0 Å². The van der Waals surface area contributed by atoms with Gasteiger partial charge in [-0.3, -0.25) is 0 Å². The molecule has 1 aliphatic rings. The van der Waals surface area contributed by atoms with Crippen molar-refractivity contribution in [2.24, 2.45) is 17.3 Å². The number of hydrogen-bond acceptors (Lipinski definition) is 1. The first-order valence-corrected chi connectivity index (χ1v) is 7.77. The fraction of sp³-hybridized carbons (Fsp3) is 0.647. The van der Waals surface area contributed by atoms with Gasteiger partial charge in [-0.1, -0.05) is 43.6 Å². The quantitative estimate of drug-likeness (QED) is 0.853. The summed E-state index contributed by atoms with van der Waals surface area (Å²) in [6, 6.07) is 8.31. The monoisotopic (exact) mass is 279 g/mol. The van der Waals surface area contributed by atoms with Crippen LogP contribution in [-0.2, 0) is 6.42 Å². The van der Waals surface area contributed by atoms with E-state index >= 15 is 0 Å². The van der Waals surface area contributed by atoms with E-state index in [1.54, 1.807) is 0 Å². The van der Waals surface area contributed by atoms with Crippen molar-refractivity contribution in [3.63, 3.8) is 0 Å². The first kappa shape index (κ1) is 14.9. The molecule has 2 rings (SSSR count). The van der Waals surface area contributed by atoms with E-state index in [1.807, 2.05) is 12.1 Å². The lowest BCUT2D eigenvalue weighted by atomic mass is 9.65. The van der Waals surface area contributed by atoms with E-state index in [2.05, 4.69) is 38.3 Å². The Bertz CT molecular complexity index is 413. The predicted molar refractivity (Wildman–Crippen MR) is 83.7 cm³/mol. The van der Waals surface area contributed by atoms with Crippen LogP contribution in [-0.4, -0.2) is 13.6 Å². The average molecular weight is 280 g/mol. The molecule has 2 heteroatoms. The normalized spacial score (nSPS) is 26.3. The molecule has 2 unspecified atom stereocenters. The zero-order valence-corrected chi connectivity index (χ0v) is 13.1. The van der Waals surface area contributed by atoms with Crippen LogP contribution in [0.2, 0.25) is 5.02 Å². The first-order valence-electron chi connectivity index (χ1n) is 7.40. The molecule has 1 fully saturated rings.